The SMILES string of the molecule is O=C(O)CC1SC(=NN=Cc2c(Cl)cc(C(F)(F)F)c(F)c2F)NC1=O. The highest BCUT2D eigenvalue weighted by atomic mass is 35.5. The first kappa shape index (κ1) is 20.1. The van der Waals surface area contributed by atoms with Gasteiger partial charge in [-0.15, -0.1) is 5.10 Å². The number of carboxylic acid groups (broad SMARTS) is 1. The van der Waals surface area contributed by atoms with Gasteiger partial charge in [-0.25, -0.2) is 8.78 Å². The molecule has 0 radical (unpaired) electrons. The van der Waals surface area contributed by atoms with Crippen LogP contribution in [0.1, 0.15) is 17.5 Å². The predicted octanol–water partition coefficient (Wildman–Crippen LogP) is 3.03. The minimum Gasteiger partial charge on any atom is -0.481 e. The molecule has 1 aliphatic heterocycles. The molecule has 1 atom stereocenters. The fourth-order valence-electron chi connectivity index (χ4n) is 1.82. The second-order valence-electron chi connectivity index (χ2n) is 4.79. The van der Waals surface area contributed by atoms with Crippen LogP contribution in [0.3, 0.4) is 0 Å². The van der Waals surface area contributed by atoms with Gasteiger partial charge in [-0.1, -0.05) is 23.4 Å². The van der Waals surface area contributed by atoms with Crippen LogP contribution >= 0.6 is 23.4 Å². The standard InChI is InChI=1S/C13H7ClF5N3O3S/c14-6-1-5(13(17,18)19)10(16)9(15)4(6)3-20-22-12-21-11(25)7(26-12)2-8(23)24/h1,3,7H,2H2,(H,23,24)(H,21,22,25). The number of hydrogen-bond acceptors (Lipinski definition) is 5. The van der Waals surface area contributed by atoms with Crippen LogP contribution in [0.25, 0.3) is 0 Å². The zero-order valence-corrected chi connectivity index (χ0v) is 13.8. The summed E-state index contributed by atoms with van der Waals surface area (Å²) in [7, 11) is 0. The molecule has 6 nitrogen and oxygen atoms in total. The highest BCUT2D eigenvalue weighted by molar-refractivity contribution is 8.15. The van der Waals surface area contributed by atoms with Gasteiger partial charge in [0.25, 0.3) is 0 Å². The molecule has 26 heavy (non-hydrogen) atoms. The van der Waals surface area contributed by atoms with Crippen molar-refractivity contribution in [2.75, 3.05) is 0 Å². The molecule has 1 heterocycles. The van der Waals surface area contributed by atoms with E-state index in [1.54, 1.807) is 0 Å². The molecule has 0 bridgehead atoms. The van der Waals surface area contributed by atoms with Crippen LogP contribution in [0, 0.1) is 11.6 Å². The van der Waals surface area contributed by atoms with Crippen molar-refractivity contribution in [3.05, 3.63) is 33.9 Å². The van der Waals surface area contributed by atoms with Crippen LogP contribution in [0.15, 0.2) is 16.3 Å². The van der Waals surface area contributed by atoms with Crippen LogP contribution in [-0.2, 0) is 15.8 Å². The number of amidine groups is 1. The van der Waals surface area contributed by atoms with E-state index in [2.05, 4.69) is 15.5 Å². The molecular formula is C13H7ClF5N3O3S. The van der Waals surface area contributed by atoms with E-state index in [0.717, 1.165) is 11.8 Å². The van der Waals surface area contributed by atoms with Crippen LogP contribution in [-0.4, -0.2) is 33.6 Å². The second-order valence-corrected chi connectivity index (χ2v) is 6.39. The minimum absolute atomic E-state index is 0.110. The fourth-order valence-corrected chi connectivity index (χ4v) is 2.97. The Balaban J connectivity index is 2.23. The molecule has 2 rings (SSSR count). The third kappa shape index (κ3) is 4.49. The van der Waals surface area contributed by atoms with Gasteiger partial charge in [0.1, 0.15) is 5.25 Å². The Bertz CT molecular complexity index is 828. The van der Waals surface area contributed by atoms with Gasteiger partial charge in [0.2, 0.25) is 5.91 Å². The van der Waals surface area contributed by atoms with Gasteiger partial charge in [-0.05, 0) is 6.07 Å². The summed E-state index contributed by atoms with van der Waals surface area (Å²) in [6, 6.07) is 0.212. The number of carbonyl (C=O) groups excluding carboxylic acids is 1. The quantitative estimate of drug-likeness (QED) is 0.342. The molecule has 0 saturated carbocycles. The number of thioether (sulfide) groups is 1. The Morgan fingerprint density at radius 3 is 2.62 bits per heavy atom. The Labute approximate surface area is 151 Å². The first-order valence-electron chi connectivity index (χ1n) is 6.55. The lowest BCUT2D eigenvalue weighted by molar-refractivity contribution is -0.140. The molecule has 1 amide bonds. The van der Waals surface area contributed by atoms with E-state index >= 15 is 0 Å². The van der Waals surface area contributed by atoms with E-state index in [4.69, 9.17) is 16.7 Å². The molecule has 2 N–H and O–H groups in total. The van der Waals surface area contributed by atoms with E-state index in [9.17, 15) is 31.5 Å². The van der Waals surface area contributed by atoms with E-state index in [1.165, 1.54) is 0 Å². The maximum absolute atomic E-state index is 13.8. The lowest BCUT2D eigenvalue weighted by Crippen LogP contribution is -2.26. The monoisotopic (exact) mass is 415 g/mol. The summed E-state index contributed by atoms with van der Waals surface area (Å²) in [5, 5.41) is 15.9. The Morgan fingerprint density at radius 2 is 2.04 bits per heavy atom. The van der Waals surface area contributed by atoms with Gasteiger partial charge in [-0.3, -0.25) is 9.59 Å². The van der Waals surface area contributed by atoms with Crippen molar-refractivity contribution in [2.45, 2.75) is 17.8 Å². The molecule has 13 heteroatoms. The van der Waals surface area contributed by atoms with Crippen LogP contribution < -0.4 is 5.32 Å². The average Bonchev–Trinajstić information content (AvgIpc) is 2.84. The van der Waals surface area contributed by atoms with Crippen molar-refractivity contribution in [3.63, 3.8) is 0 Å². The molecule has 1 fully saturated rings. The van der Waals surface area contributed by atoms with Gasteiger partial charge < -0.3 is 10.4 Å². The van der Waals surface area contributed by atoms with Crippen LogP contribution in [0.2, 0.25) is 5.02 Å². The number of nitrogens with one attached hydrogen (secondary N) is 1. The van der Waals surface area contributed by atoms with E-state index in [-0.39, 0.29) is 11.2 Å². The highest BCUT2D eigenvalue weighted by Gasteiger charge is 2.37. The van der Waals surface area contributed by atoms with Crippen molar-refractivity contribution >= 4 is 46.6 Å². The highest BCUT2D eigenvalue weighted by Crippen LogP contribution is 2.35. The molecule has 0 aliphatic carbocycles. The molecule has 0 aromatic heterocycles. The minimum atomic E-state index is -5.13. The summed E-state index contributed by atoms with van der Waals surface area (Å²) in [4.78, 5) is 22.0. The lowest BCUT2D eigenvalue weighted by Gasteiger charge is -2.10. The van der Waals surface area contributed by atoms with Crippen LogP contribution in [0.4, 0.5) is 22.0 Å². The predicted molar refractivity (Wildman–Crippen MR) is 83.2 cm³/mol. The number of halogens is 6. The molecule has 1 aliphatic rings. The Kier molecular flexibility index (Phi) is 5.86. The van der Waals surface area contributed by atoms with Gasteiger partial charge in [0, 0.05) is 0 Å². The normalized spacial score (nSPS) is 19.4. The summed E-state index contributed by atoms with van der Waals surface area (Å²) in [5.41, 5.74) is -2.63. The lowest BCUT2D eigenvalue weighted by atomic mass is 10.1. The van der Waals surface area contributed by atoms with Crippen molar-refractivity contribution in [1.82, 2.24) is 5.32 Å². The first-order chi connectivity index (χ1) is 12.0. The summed E-state index contributed by atoms with van der Waals surface area (Å²) in [6.07, 6.45) is -5.02. The molecule has 1 saturated heterocycles. The van der Waals surface area contributed by atoms with E-state index in [1.807, 2.05) is 0 Å². The number of benzene rings is 1. The maximum atomic E-state index is 13.8. The van der Waals surface area contributed by atoms with Crippen molar-refractivity contribution in [3.8, 4) is 0 Å². The van der Waals surface area contributed by atoms with Crippen LogP contribution in [0.5, 0.6) is 0 Å². The first-order valence-corrected chi connectivity index (χ1v) is 7.81. The summed E-state index contributed by atoms with van der Waals surface area (Å²) < 4.78 is 65.0. The molecular weight excluding hydrogens is 409 g/mol. The van der Waals surface area contributed by atoms with Crippen molar-refractivity contribution < 1.29 is 36.6 Å². The molecule has 1 aromatic carbocycles. The van der Waals surface area contributed by atoms with Gasteiger partial charge >= 0.3 is 12.1 Å². The number of carboxylic acids is 1. The summed E-state index contributed by atoms with van der Waals surface area (Å²) in [5.74, 6) is -5.84. The number of aliphatic carboxylic acids is 1. The van der Waals surface area contributed by atoms with Crippen molar-refractivity contribution in [1.29, 1.82) is 0 Å². The second kappa shape index (κ2) is 7.58. The Hall–Kier alpha value is -2.21. The summed E-state index contributed by atoms with van der Waals surface area (Å²) in [6.45, 7) is 0. The average molecular weight is 416 g/mol. The van der Waals surface area contributed by atoms with Gasteiger partial charge in [0.15, 0.2) is 16.8 Å². The topological polar surface area (TPSA) is 91.1 Å². The maximum Gasteiger partial charge on any atom is 0.419 e. The number of rotatable bonds is 4. The summed E-state index contributed by atoms with van der Waals surface area (Å²) >= 11 is 6.27. The van der Waals surface area contributed by atoms with Crippen molar-refractivity contribution in [2.24, 2.45) is 10.2 Å². The van der Waals surface area contributed by atoms with Gasteiger partial charge in [0.05, 0.1) is 28.8 Å². The third-order valence-corrected chi connectivity index (χ3v) is 4.36. The fraction of sp³-hybridized carbons (Fsp3) is 0.231. The number of amides is 1. The number of carbonyl (C=O) groups is 2. The van der Waals surface area contributed by atoms with Gasteiger partial charge in [-0.2, -0.15) is 18.3 Å². The molecule has 0 spiro atoms. The van der Waals surface area contributed by atoms with E-state index < -0.39 is 57.5 Å². The molecule has 1 unspecified atom stereocenters. The van der Waals surface area contributed by atoms with E-state index in [0.29, 0.717) is 6.21 Å². The smallest absolute Gasteiger partial charge is 0.419 e. The number of alkyl halides is 3. The third-order valence-electron chi connectivity index (χ3n) is 2.97. The number of nitrogens with zero attached hydrogens (tertiary/aromatic N) is 2. The Morgan fingerprint density at radius 1 is 1.38 bits per heavy atom. The molecule has 140 valence electrons. The molecule has 1 aromatic rings. The number of hydrogen-bond donors (Lipinski definition) is 2. The largest absolute Gasteiger partial charge is 0.481 e. The zero-order chi connectivity index (χ0) is 19.6. The zero-order valence-electron chi connectivity index (χ0n) is 12.3.